The van der Waals surface area contributed by atoms with Crippen LogP contribution in [0.2, 0.25) is 0 Å². The number of nitrogens with zero attached hydrogens (tertiary/aromatic N) is 2. The average molecular weight is 659 g/mol. The monoisotopic (exact) mass is 658 g/mol. The molecule has 2 amide bonds. The lowest BCUT2D eigenvalue weighted by molar-refractivity contribution is 0.0621. The first-order valence-corrected chi connectivity index (χ1v) is 16.4. The van der Waals surface area contributed by atoms with Crippen LogP contribution in [0.4, 0.5) is 10.5 Å². The maximum Gasteiger partial charge on any atom is 0.449 e. The van der Waals surface area contributed by atoms with E-state index in [0.717, 1.165) is 28.1 Å². The number of carbonyl (C=O) groups is 3. The van der Waals surface area contributed by atoms with Gasteiger partial charge in [0, 0.05) is 48.6 Å². The van der Waals surface area contributed by atoms with Crippen molar-refractivity contribution in [2.45, 2.75) is 50.6 Å². The van der Waals surface area contributed by atoms with Crippen LogP contribution in [0.3, 0.4) is 0 Å². The van der Waals surface area contributed by atoms with E-state index < -0.39 is 12.0 Å². The van der Waals surface area contributed by atoms with E-state index in [0.29, 0.717) is 48.9 Å². The first-order valence-electron chi connectivity index (χ1n) is 16.4. The van der Waals surface area contributed by atoms with Crippen molar-refractivity contribution >= 4 is 40.3 Å². The van der Waals surface area contributed by atoms with Crippen molar-refractivity contribution in [1.29, 1.82) is 5.41 Å². The summed E-state index contributed by atoms with van der Waals surface area (Å²) in [6.07, 6.45) is 1.16. The van der Waals surface area contributed by atoms with E-state index in [4.69, 9.17) is 11.1 Å². The number of rotatable bonds is 11. The number of ketones is 1. The second-order valence-electron chi connectivity index (χ2n) is 12.6. The van der Waals surface area contributed by atoms with Crippen molar-refractivity contribution in [2.24, 2.45) is 5.73 Å². The van der Waals surface area contributed by atoms with E-state index in [1.54, 1.807) is 36.4 Å². The van der Waals surface area contributed by atoms with Gasteiger partial charge in [-0.2, -0.15) is 10.0 Å². The van der Waals surface area contributed by atoms with Gasteiger partial charge in [-0.05, 0) is 42.7 Å². The van der Waals surface area contributed by atoms with Gasteiger partial charge < -0.3 is 21.1 Å². The topological polar surface area (TPSA) is 174 Å². The van der Waals surface area contributed by atoms with Gasteiger partial charge in [-0.15, -0.1) is 0 Å². The number of aromatic amines is 1. The number of amides is 2. The van der Waals surface area contributed by atoms with Crippen molar-refractivity contribution in [3.8, 4) is 0 Å². The first-order chi connectivity index (χ1) is 23.6. The zero-order valence-electron chi connectivity index (χ0n) is 27.2. The van der Waals surface area contributed by atoms with Crippen LogP contribution in [-0.4, -0.2) is 57.3 Å². The van der Waals surface area contributed by atoms with Gasteiger partial charge in [0.15, 0.2) is 11.5 Å². The van der Waals surface area contributed by atoms with Gasteiger partial charge in [-0.1, -0.05) is 72.8 Å². The van der Waals surface area contributed by atoms with E-state index in [1.807, 2.05) is 73.7 Å². The van der Waals surface area contributed by atoms with E-state index in [2.05, 4.69) is 20.7 Å². The van der Waals surface area contributed by atoms with Crippen LogP contribution in [0.15, 0.2) is 103 Å². The number of aryl methyl sites for hydroxylation is 2. The molecule has 0 saturated carbocycles. The number of carbonyl (C=O) groups excluding carboxylic acids is 2. The molecule has 11 nitrogen and oxygen atoms in total. The zero-order chi connectivity index (χ0) is 34.5. The molecule has 49 heavy (non-hydrogen) atoms. The maximum atomic E-state index is 13.3. The summed E-state index contributed by atoms with van der Waals surface area (Å²) in [5.41, 5.74) is 13.9. The third-order valence-electron chi connectivity index (χ3n) is 9.43. The number of hydrogen-bond donors (Lipinski definition) is 6. The van der Waals surface area contributed by atoms with Gasteiger partial charge in [-0.25, -0.2) is 9.78 Å². The Morgan fingerprint density at radius 3 is 2.31 bits per heavy atom. The van der Waals surface area contributed by atoms with E-state index >= 15 is 0 Å². The Kier molecular flexibility index (Phi) is 9.54. The van der Waals surface area contributed by atoms with Crippen LogP contribution >= 0.6 is 0 Å². The summed E-state index contributed by atoms with van der Waals surface area (Å²) < 4.78 is -0.00286. The molecular weight excluding hydrogens is 618 g/mol. The van der Waals surface area contributed by atoms with Crippen LogP contribution in [0, 0.1) is 12.3 Å². The van der Waals surface area contributed by atoms with Crippen molar-refractivity contribution in [1.82, 2.24) is 25.3 Å². The van der Waals surface area contributed by atoms with Crippen LogP contribution < -0.4 is 21.1 Å². The molecule has 7 N–H and O–H groups in total. The highest BCUT2D eigenvalue weighted by molar-refractivity contribution is 6.14. The number of nitrogens with two attached hydrogens (primary N) is 1. The Labute approximate surface area is 284 Å². The fourth-order valence-electron chi connectivity index (χ4n) is 7.04. The third-order valence-corrected chi connectivity index (χ3v) is 9.43. The summed E-state index contributed by atoms with van der Waals surface area (Å²) in [6.45, 7) is 2.31. The van der Waals surface area contributed by atoms with Gasteiger partial charge in [0.2, 0.25) is 0 Å². The van der Waals surface area contributed by atoms with Crippen molar-refractivity contribution in [2.75, 3.05) is 6.54 Å². The molecule has 2 heterocycles. The SMILES string of the molecule is Cc1nc2ccc([N+]3(NC(=O)O)CCC(NC(=O)c4ccccc4)CC3CCc3ccc(C(C(=N)N)C(=O)c4ccccc4)cc3)cc2[nH]1. The van der Waals surface area contributed by atoms with Gasteiger partial charge >= 0.3 is 6.09 Å². The molecule has 0 aliphatic carbocycles. The Balaban J connectivity index is 1.28. The van der Waals surface area contributed by atoms with Gasteiger partial charge in [0.05, 0.1) is 11.0 Å². The summed E-state index contributed by atoms with van der Waals surface area (Å²) >= 11 is 0. The number of carboxylic acid groups (broad SMARTS) is 1. The largest absolute Gasteiger partial charge is 0.462 e. The van der Waals surface area contributed by atoms with E-state index in [-0.39, 0.29) is 34.2 Å². The number of Topliss-reactive ketones (excluding diaryl/α,β-unsaturated/α-hetero) is 1. The molecule has 250 valence electrons. The summed E-state index contributed by atoms with van der Waals surface area (Å²) in [4.78, 5) is 46.6. The minimum absolute atomic E-state index is 0.00286. The number of benzene rings is 4. The lowest BCUT2D eigenvalue weighted by atomic mass is 9.88. The van der Waals surface area contributed by atoms with Crippen LogP contribution in [0.1, 0.15) is 62.8 Å². The molecular formula is C38H40N7O4+. The number of imidazole rings is 1. The normalized spacial score (nSPS) is 19.5. The molecule has 1 saturated heterocycles. The van der Waals surface area contributed by atoms with E-state index in [1.165, 1.54) is 0 Å². The average Bonchev–Trinajstić information content (AvgIpc) is 3.48. The molecule has 4 unspecified atom stereocenters. The maximum absolute atomic E-state index is 13.3. The van der Waals surface area contributed by atoms with Gasteiger partial charge in [-0.3, -0.25) is 15.0 Å². The Morgan fingerprint density at radius 2 is 1.65 bits per heavy atom. The number of piperidine rings is 1. The van der Waals surface area contributed by atoms with Crippen molar-refractivity contribution in [3.63, 3.8) is 0 Å². The van der Waals surface area contributed by atoms with Crippen molar-refractivity contribution < 1.29 is 19.5 Å². The Morgan fingerprint density at radius 1 is 0.980 bits per heavy atom. The number of aromatic nitrogens is 2. The van der Waals surface area contributed by atoms with Crippen LogP contribution in [0.5, 0.6) is 0 Å². The number of nitrogens with one attached hydrogen (secondary N) is 4. The second-order valence-corrected chi connectivity index (χ2v) is 12.6. The van der Waals surface area contributed by atoms with Crippen molar-refractivity contribution in [3.05, 3.63) is 131 Å². The number of amidine groups is 1. The lowest BCUT2D eigenvalue weighted by Gasteiger charge is -2.47. The third kappa shape index (κ3) is 7.21. The number of fused-ring (bicyclic) bond motifs is 1. The molecule has 4 aromatic carbocycles. The number of quaternary nitrogens is 1. The summed E-state index contributed by atoms with van der Waals surface area (Å²) in [5.74, 6) is -0.749. The molecule has 0 radical (unpaired) electrons. The predicted octanol–water partition coefficient (Wildman–Crippen LogP) is 5.86. The minimum Gasteiger partial charge on any atom is -0.462 e. The highest BCUT2D eigenvalue weighted by atomic mass is 16.4. The molecule has 0 spiro atoms. The summed E-state index contributed by atoms with van der Waals surface area (Å²) in [6, 6.07) is 30.8. The fourth-order valence-corrected chi connectivity index (χ4v) is 7.04. The Hall–Kier alpha value is -5.81. The molecule has 1 aromatic heterocycles. The fraction of sp³-hybridized carbons (Fsp3) is 0.237. The number of H-pyrrole nitrogens is 1. The molecule has 11 heteroatoms. The number of hydrogen-bond acceptors (Lipinski definition) is 5. The minimum atomic E-state index is -1.14. The molecule has 5 aromatic rings. The molecule has 1 aliphatic rings. The highest BCUT2D eigenvalue weighted by Crippen LogP contribution is 2.36. The van der Waals surface area contributed by atoms with E-state index in [9.17, 15) is 19.5 Å². The molecule has 4 atom stereocenters. The quantitative estimate of drug-likeness (QED) is 0.0449. The molecule has 0 bridgehead atoms. The molecule has 6 rings (SSSR count). The predicted molar refractivity (Wildman–Crippen MR) is 190 cm³/mol. The summed E-state index contributed by atoms with van der Waals surface area (Å²) in [7, 11) is 0. The Bertz CT molecular complexity index is 1980. The van der Waals surface area contributed by atoms with Gasteiger partial charge in [0.25, 0.3) is 5.91 Å². The first kappa shape index (κ1) is 33.1. The smallest absolute Gasteiger partial charge is 0.449 e. The molecule has 1 fully saturated rings. The highest BCUT2D eigenvalue weighted by Gasteiger charge is 2.47. The van der Waals surface area contributed by atoms with Gasteiger partial charge in [0.1, 0.15) is 30.2 Å². The lowest BCUT2D eigenvalue weighted by Crippen LogP contribution is -2.71. The van der Waals surface area contributed by atoms with Crippen LogP contribution in [-0.2, 0) is 6.42 Å². The standard InChI is InChI=1S/C38H39N7O4/c1-24-41-32-19-18-31(23-33(32)42-24)45(44-38(48)49)21-20-29(43-37(47)28-10-6-3-7-11-28)22-30(45)17-14-25-12-15-26(16-13-25)34(36(39)40)35(46)27-8-4-2-5-9-27/h2-13,15-16,18-19,23,29-30,34,44H,14,17,20-22H2,1H3,(H5-,39,40,41,42,43,47,48,49)/p+1. The second kappa shape index (κ2) is 14.1. The molecule has 1 aliphatic heterocycles. The van der Waals surface area contributed by atoms with Crippen LogP contribution in [0.25, 0.3) is 11.0 Å². The zero-order valence-corrected chi connectivity index (χ0v) is 27.2. The summed E-state index contributed by atoms with van der Waals surface area (Å²) in [5, 5.41) is 21.5.